The van der Waals surface area contributed by atoms with E-state index >= 15 is 0 Å². The molecule has 2 rings (SSSR count). The lowest BCUT2D eigenvalue weighted by molar-refractivity contribution is -0.197. The van der Waals surface area contributed by atoms with Crippen LogP contribution in [0.5, 0.6) is 0 Å². The molecule has 0 aromatic rings. The fraction of sp³-hybridized carbons (Fsp3) is 0.960. The maximum atomic E-state index is 14.3. The molecule has 2 aliphatic rings. The minimum Gasteiger partial charge on any atom is -0.481 e. The maximum Gasteiger partial charge on any atom is 0.303 e. The van der Waals surface area contributed by atoms with Gasteiger partial charge in [0.25, 0.3) is 5.92 Å². The summed E-state index contributed by atoms with van der Waals surface area (Å²) in [5.41, 5.74) is 0. The number of aliphatic hydroxyl groups is 2. The maximum absolute atomic E-state index is 14.3. The molecule has 1 saturated heterocycles. The molecular weight excluding hydrogens is 434 g/mol. The summed E-state index contributed by atoms with van der Waals surface area (Å²) < 4.78 is 40.5. The molecule has 1 aliphatic heterocycles. The van der Waals surface area contributed by atoms with Crippen molar-refractivity contribution in [3.63, 3.8) is 0 Å². The Balaban J connectivity index is 1.93. The van der Waals surface area contributed by atoms with Crippen LogP contribution < -0.4 is 0 Å². The number of carboxylic acid groups (broad SMARTS) is 1. The zero-order valence-electron chi connectivity index (χ0n) is 20.1. The molecule has 33 heavy (non-hydrogen) atoms. The first-order chi connectivity index (χ1) is 15.7. The number of alkyl halides is 2. The predicted molar refractivity (Wildman–Crippen MR) is 121 cm³/mol. The molecule has 0 aromatic heterocycles. The van der Waals surface area contributed by atoms with Gasteiger partial charge in [-0.15, -0.1) is 0 Å². The third-order valence-electron chi connectivity index (χ3n) is 7.26. The Morgan fingerprint density at radius 3 is 2.55 bits per heavy atom. The summed E-state index contributed by atoms with van der Waals surface area (Å²) in [5, 5.41) is 29.7. The SMILES string of the molecule is CCCCC(F)(F)C(O)CC[C@@H]1C(CCCCCCC(=O)O)[C@@H](O)C[C@H]1OC1CCCCO1. The summed E-state index contributed by atoms with van der Waals surface area (Å²) in [4.78, 5) is 10.7. The normalized spacial score (nSPS) is 29.3. The first-order valence-electron chi connectivity index (χ1n) is 13.0. The van der Waals surface area contributed by atoms with Gasteiger partial charge in [0.1, 0.15) is 6.10 Å². The van der Waals surface area contributed by atoms with Crippen molar-refractivity contribution in [3.8, 4) is 0 Å². The van der Waals surface area contributed by atoms with Crippen LogP contribution in [0.1, 0.15) is 103 Å². The standard InChI is InChI=1S/C25H44F2O6/c1-2-3-15-25(26,27)22(29)14-13-19-18(10-6-4-5-7-11-23(30)31)20(28)17-21(19)33-24-12-8-9-16-32-24/h18-22,24,28-29H,2-17H2,1H3,(H,30,31)/t18?,19-,20+,21-,22?,24?/m1/s1. The molecule has 0 aromatic carbocycles. The predicted octanol–water partition coefficient (Wildman–Crippen LogP) is 5.29. The average Bonchev–Trinajstić information content (AvgIpc) is 3.07. The molecule has 3 unspecified atom stereocenters. The zero-order valence-corrected chi connectivity index (χ0v) is 20.1. The smallest absolute Gasteiger partial charge is 0.303 e. The fourth-order valence-corrected chi connectivity index (χ4v) is 5.28. The van der Waals surface area contributed by atoms with E-state index in [0.29, 0.717) is 38.7 Å². The Bertz CT molecular complexity index is 555. The van der Waals surface area contributed by atoms with Gasteiger partial charge in [-0.2, -0.15) is 0 Å². The van der Waals surface area contributed by atoms with Crippen LogP contribution in [-0.4, -0.2) is 58.4 Å². The van der Waals surface area contributed by atoms with E-state index in [1.807, 2.05) is 6.92 Å². The highest BCUT2D eigenvalue weighted by molar-refractivity contribution is 5.66. The second-order valence-corrected chi connectivity index (χ2v) is 9.91. The molecule has 6 atom stereocenters. The highest BCUT2D eigenvalue weighted by Gasteiger charge is 2.45. The van der Waals surface area contributed by atoms with Crippen molar-refractivity contribution in [3.05, 3.63) is 0 Å². The molecule has 0 radical (unpaired) electrons. The Morgan fingerprint density at radius 2 is 1.88 bits per heavy atom. The molecule has 1 saturated carbocycles. The Hall–Kier alpha value is -0.830. The van der Waals surface area contributed by atoms with E-state index in [4.69, 9.17) is 14.6 Å². The second kappa shape index (κ2) is 14.5. The number of aliphatic carboxylic acids is 1. The number of aliphatic hydroxyl groups excluding tert-OH is 2. The number of hydrogen-bond donors (Lipinski definition) is 3. The Labute approximate surface area is 197 Å². The van der Waals surface area contributed by atoms with Crippen LogP contribution in [0.3, 0.4) is 0 Å². The minimum absolute atomic E-state index is 0.0192. The molecule has 1 heterocycles. The first kappa shape index (κ1) is 28.4. The summed E-state index contributed by atoms with van der Waals surface area (Å²) >= 11 is 0. The summed E-state index contributed by atoms with van der Waals surface area (Å²) in [5.74, 6) is -4.08. The lowest BCUT2D eigenvalue weighted by Crippen LogP contribution is -2.36. The van der Waals surface area contributed by atoms with Crippen LogP contribution in [-0.2, 0) is 14.3 Å². The molecule has 2 fully saturated rings. The first-order valence-corrected chi connectivity index (χ1v) is 13.0. The van der Waals surface area contributed by atoms with Gasteiger partial charge in [0.05, 0.1) is 12.2 Å². The summed E-state index contributed by atoms with van der Waals surface area (Å²) in [7, 11) is 0. The van der Waals surface area contributed by atoms with Crippen molar-refractivity contribution in [1.29, 1.82) is 0 Å². The van der Waals surface area contributed by atoms with Crippen molar-refractivity contribution >= 4 is 5.97 Å². The van der Waals surface area contributed by atoms with E-state index in [9.17, 15) is 23.8 Å². The fourth-order valence-electron chi connectivity index (χ4n) is 5.28. The number of carbonyl (C=O) groups is 1. The van der Waals surface area contributed by atoms with E-state index in [0.717, 1.165) is 44.9 Å². The van der Waals surface area contributed by atoms with Crippen molar-refractivity contribution in [1.82, 2.24) is 0 Å². The summed E-state index contributed by atoms with van der Waals surface area (Å²) in [6, 6.07) is 0. The number of rotatable bonds is 16. The van der Waals surface area contributed by atoms with Crippen molar-refractivity contribution in [2.24, 2.45) is 11.8 Å². The topological polar surface area (TPSA) is 96.2 Å². The van der Waals surface area contributed by atoms with Gasteiger partial charge in [-0.1, -0.05) is 32.6 Å². The monoisotopic (exact) mass is 478 g/mol. The molecule has 1 aliphatic carbocycles. The molecular formula is C25H44F2O6. The van der Waals surface area contributed by atoms with Gasteiger partial charge in [0, 0.05) is 25.9 Å². The van der Waals surface area contributed by atoms with E-state index in [1.54, 1.807) is 0 Å². The lowest BCUT2D eigenvalue weighted by Gasteiger charge is -2.31. The van der Waals surface area contributed by atoms with Crippen molar-refractivity contribution in [2.75, 3.05) is 6.61 Å². The molecule has 0 amide bonds. The van der Waals surface area contributed by atoms with Gasteiger partial charge in [0.15, 0.2) is 6.29 Å². The van der Waals surface area contributed by atoms with Crippen LogP contribution in [0.4, 0.5) is 8.78 Å². The van der Waals surface area contributed by atoms with E-state index < -0.39 is 24.1 Å². The third kappa shape index (κ3) is 9.74. The Kier molecular flexibility index (Phi) is 12.5. The third-order valence-corrected chi connectivity index (χ3v) is 7.26. The van der Waals surface area contributed by atoms with Gasteiger partial charge < -0.3 is 24.8 Å². The number of hydrogen-bond acceptors (Lipinski definition) is 5. The van der Waals surface area contributed by atoms with E-state index in [1.165, 1.54) is 0 Å². The van der Waals surface area contributed by atoms with Gasteiger partial charge >= 0.3 is 5.97 Å². The summed E-state index contributed by atoms with van der Waals surface area (Å²) in [6.07, 6.45) is 5.59. The van der Waals surface area contributed by atoms with Crippen LogP contribution in [0.2, 0.25) is 0 Å². The highest BCUT2D eigenvalue weighted by atomic mass is 19.3. The van der Waals surface area contributed by atoms with Crippen LogP contribution in [0.15, 0.2) is 0 Å². The number of carboxylic acids is 1. The highest BCUT2D eigenvalue weighted by Crippen LogP contribution is 2.42. The molecule has 3 N–H and O–H groups in total. The number of unbranched alkanes of at least 4 members (excludes halogenated alkanes) is 4. The number of halogens is 2. The van der Waals surface area contributed by atoms with Crippen LogP contribution >= 0.6 is 0 Å². The van der Waals surface area contributed by atoms with E-state index in [2.05, 4.69) is 0 Å². The van der Waals surface area contributed by atoms with Gasteiger partial charge in [-0.05, 0) is 63.2 Å². The average molecular weight is 479 g/mol. The molecule has 0 spiro atoms. The van der Waals surface area contributed by atoms with Gasteiger partial charge in [0.2, 0.25) is 0 Å². The lowest BCUT2D eigenvalue weighted by atomic mass is 9.84. The van der Waals surface area contributed by atoms with Crippen molar-refractivity contribution < 1.29 is 38.4 Å². The van der Waals surface area contributed by atoms with Gasteiger partial charge in [-0.3, -0.25) is 4.79 Å². The quantitative estimate of drug-likeness (QED) is 0.261. The molecule has 6 nitrogen and oxygen atoms in total. The second-order valence-electron chi connectivity index (χ2n) is 9.91. The van der Waals surface area contributed by atoms with Crippen molar-refractivity contribution in [2.45, 2.75) is 134 Å². The Morgan fingerprint density at radius 1 is 1.12 bits per heavy atom. The van der Waals surface area contributed by atoms with E-state index in [-0.39, 0.29) is 43.5 Å². The van der Waals surface area contributed by atoms with Gasteiger partial charge in [-0.25, -0.2) is 8.78 Å². The summed E-state index contributed by atoms with van der Waals surface area (Å²) in [6.45, 7) is 2.50. The zero-order chi connectivity index (χ0) is 24.3. The number of ether oxygens (including phenoxy) is 2. The molecule has 194 valence electrons. The molecule has 0 bridgehead atoms. The minimum atomic E-state index is -3.10. The molecule has 8 heteroatoms. The van der Waals surface area contributed by atoms with Crippen LogP contribution in [0, 0.1) is 11.8 Å². The van der Waals surface area contributed by atoms with Crippen LogP contribution in [0.25, 0.3) is 0 Å². The largest absolute Gasteiger partial charge is 0.481 e.